The molecule has 0 aromatic carbocycles. The molecule has 0 atom stereocenters. The van der Waals surface area contributed by atoms with Gasteiger partial charge < -0.3 is 14.9 Å². The molecule has 0 bridgehead atoms. The van der Waals surface area contributed by atoms with Crippen LogP contribution in [0.2, 0.25) is 0 Å². The second-order valence-electron chi connectivity index (χ2n) is 6.28. The van der Waals surface area contributed by atoms with E-state index in [-0.39, 0.29) is 18.7 Å². The number of likely N-dealkylation sites (tertiary alicyclic amines) is 1. The van der Waals surface area contributed by atoms with Gasteiger partial charge >= 0.3 is 5.97 Å². The second-order valence-corrected chi connectivity index (χ2v) is 6.28. The van der Waals surface area contributed by atoms with Crippen molar-refractivity contribution in [1.29, 1.82) is 0 Å². The monoisotopic (exact) mass is 270 g/mol. The van der Waals surface area contributed by atoms with Crippen LogP contribution < -0.4 is 0 Å². The molecule has 19 heavy (non-hydrogen) atoms. The molecule has 0 aliphatic carbocycles. The molecule has 1 rings (SSSR count). The molecular weight excluding hydrogens is 244 g/mol. The number of hydrogen-bond donors (Lipinski definition) is 1. The molecule has 0 unspecified atom stereocenters. The summed E-state index contributed by atoms with van der Waals surface area (Å²) in [7, 11) is 1.80. The van der Waals surface area contributed by atoms with E-state index in [1.54, 1.807) is 11.9 Å². The van der Waals surface area contributed by atoms with Crippen molar-refractivity contribution < 1.29 is 14.7 Å². The van der Waals surface area contributed by atoms with Crippen molar-refractivity contribution in [3.63, 3.8) is 0 Å². The Morgan fingerprint density at radius 3 is 2.32 bits per heavy atom. The molecule has 0 aromatic heterocycles. The van der Waals surface area contributed by atoms with Crippen LogP contribution in [0.3, 0.4) is 0 Å². The van der Waals surface area contributed by atoms with E-state index in [2.05, 4.69) is 4.90 Å². The lowest BCUT2D eigenvalue weighted by Crippen LogP contribution is -2.37. The summed E-state index contributed by atoms with van der Waals surface area (Å²) in [6.45, 7) is 7.56. The number of carbonyl (C=O) groups is 2. The van der Waals surface area contributed by atoms with Crippen LogP contribution in [-0.2, 0) is 9.59 Å². The zero-order valence-corrected chi connectivity index (χ0v) is 12.3. The summed E-state index contributed by atoms with van der Waals surface area (Å²) in [5, 5.41) is 8.82. The normalized spacial score (nSPS) is 16.6. The summed E-state index contributed by atoms with van der Waals surface area (Å²) in [5.74, 6) is -0.817. The lowest BCUT2D eigenvalue weighted by Gasteiger charge is -2.26. The predicted molar refractivity (Wildman–Crippen MR) is 74.0 cm³/mol. The predicted octanol–water partition coefficient (Wildman–Crippen LogP) is 1.43. The molecule has 110 valence electrons. The Morgan fingerprint density at radius 2 is 1.79 bits per heavy atom. The van der Waals surface area contributed by atoms with E-state index >= 15 is 0 Å². The van der Waals surface area contributed by atoms with Crippen molar-refractivity contribution in [2.24, 2.45) is 5.41 Å². The molecule has 0 aromatic rings. The fraction of sp³-hybridized carbons (Fsp3) is 0.857. The number of aliphatic carboxylic acids is 1. The Kier molecular flexibility index (Phi) is 5.79. The number of carboxylic acid groups (broad SMARTS) is 1. The minimum atomic E-state index is -0.850. The number of carboxylic acids is 1. The van der Waals surface area contributed by atoms with Crippen molar-refractivity contribution in [3.8, 4) is 0 Å². The van der Waals surface area contributed by atoms with E-state index in [0.29, 0.717) is 0 Å². The third-order valence-electron chi connectivity index (χ3n) is 3.64. The van der Waals surface area contributed by atoms with Gasteiger partial charge in [0, 0.05) is 26.6 Å². The summed E-state index contributed by atoms with van der Waals surface area (Å²) >= 11 is 0. The van der Waals surface area contributed by atoms with Gasteiger partial charge in [0.25, 0.3) is 0 Å². The Bertz CT molecular complexity index is 323. The zero-order chi connectivity index (χ0) is 14.5. The van der Waals surface area contributed by atoms with Gasteiger partial charge in [-0.2, -0.15) is 0 Å². The number of likely N-dealkylation sites (N-methyl/N-ethyl adjacent to an activating group) is 1. The number of hydrogen-bond acceptors (Lipinski definition) is 3. The Hall–Kier alpha value is -1.10. The summed E-state index contributed by atoms with van der Waals surface area (Å²) < 4.78 is 0. The Balaban J connectivity index is 2.32. The van der Waals surface area contributed by atoms with Gasteiger partial charge in [0.1, 0.15) is 0 Å². The largest absolute Gasteiger partial charge is 0.481 e. The molecule has 1 amide bonds. The van der Waals surface area contributed by atoms with Crippen LogP contribution in [-0.4, -0.2) is 60.0 Å². The van der Waals surface area contributed by atoms with E-state index in [0.717, 1.165) is 26.2 Å². The quantitative estimate of drug-likeness (QED) is 0.760. The van der Waals surface area contributed by atoms with Gasteiger partial charge in [-0.1, -0.05) is 13.8 Å². The van der Waals surface area contributed by atoms with Crippen LogP contribution in [0.4, 0.5) is 0 Å². The van der Waals surface area contributed by atoms with Gasteiger partial charge in [0.05, 0.1) is 6.42 Å². The SMILES string of the molecule is CN(CCN1CCCC1)C(=O)CC(C)(C)CC(=O)O. The highest BCUT2D eigenvalue weighted by Crippen LogP contribution is 2.25. The number of amides is 1. The third kappa shape index (κ3) is 6.05. The van der Waals surface area contributed by atoms with Crippen LogP contribution in [0.1, 0.15) is 39.5 Å². The molecule has 1 aliphatic heterocycles. The smallest absolute Gasteiger partial charge is 0.303 e. The molecule has 1 fully saturated rings. The Labute approximate surface area is 115 Å². The maximum absolute atomic E-state index is 12.1. The highest BCUT2D eigenvalue weighted by atomic mass is 16.4. The van der Waals surface area contributed by atoms with Crippen molar-refractivity contribution >= 4 is 11.9 Å². The molecule has 1 saturated heterocycles. The molecule has 1 heterocycles. The highest BCUT2D eigenvalue weighted by molar-refractivity contribution is 5.77. The van der Waals surface area contributed by atoms with Crippen molar-refractivity contribution in [1.82, 2.24) is 9.80 Å². The summed E-state index contributed by atoms with van der Waals surface area (Å²) in [6, 6.07) is 0. The van der Waals surface area contributed by atoms with Crippen LogP contribution in [0.15, 0.2) is 0 Å². The topological polar surface area (TPSA) is 60.9 Å². The molecule has 1 aliphatic rings. The first-order valence-electron chi connectivity index (χ1n) is 6.98. The number of carbonyl (C=O) groups excluding carboxylic acids is 1. The highest BCUT2D eigenvalue weighted by Gasteiger charge is 2.26. The average Bonchev–Trinajstić information content (AvgIpc) is 2.75. The van der Waals surface area contributed by atoms with Gasteiger partial charge in [-0.15, -0.1) is 0 Å². The number of nitrogens with zero attached hydrogens (tertiary/aromatic N) is 2. The molecule has 0 spiro atoms. The van der Waals surface area contributed by atoms with Gasteiger partial charge in [0.15, 0.2) is 0 Å². The summed E-state index contributed by atoms with van der Waals surface area (Å²) in [4.78, 5) is 26.9. The third-order valence-corrected chi connectivity index (χ3v) is 3.64. The Morgan fingerprint density at radius 1 is 1.21 bits per heavy atom. The molecule has 5 heteroatoms. The average molecular weight is 270 g/mol. The fourth-order valence-corrected chi connectivity index (χ4v) is 2.44. The minimum absolute atomic E-state index is 0.0265. The van der Waals surface area contributed by atoms with Crippen molar-refractivity contribution in [2.75, 3.05) is 33.2 Å². The van der Waals surface area contributed by atoms with Crippen LogP contribution >= 0.6 is 0 Å². The van der Waals surface area contributed by atoms with Gasteiger partial charge in [-0.3, -0.25) is 9.59 Å². The maximum Gasteiger partial charge on any atom is 0.303 e. The van der Waals surface area contributed by atoms with Crippen LogP contribution in [0, 0.1) is 5.41 Å². The molecule has 0 radical (unpaired) electrons. The molecular formula is C14H26N2O3. The van der Waals surface area contributed by atoms with E-state index in [9.17, 15) is 9.59 Å². The first-order chi connectivity index (χ1) is 8.80. The van der Waals surface area contributed by atoms with E-state index in [1.807, 2.05) is 13.8 Å². The fourth-order valence-electron chi connectivity index (χ4n) is 2.44. The van der Waals surface area contributed by atoms with Gasteiger partial charge in [-0.05, 0) is 31.3 Å². The summed E-state index contributed by atoms with van der Waals surface area (Å²) in [6.07, 6.45) is 2.82. The van der Waals surface area contributed by atoms with Crippen molar-refractivity contribution in [3.05, 3.63) is 0 Å². The maximum atomic E-state index is 12.1. The van der Waals surface area contributed by atoms with E-state index in [1.165, 1.54) is 12.8 Å². The molecule has 0 saturated carbocycles. The van der Waals surface area contributed by atoms with Crippen molar-refractivity contribution in [2.45, 2.75) is 39.5 Å². The van der Waals surface area contributed by atoms with E-state index in [4.69, 9.17) is 5.11 Å². The zero-order valence-electron chi connectivity index (χ0n) is 12.3. The first kappa shape index (κ1) is 16.0. The van der Waals surface area contributed by atoms with Gasteiger partial charge in [-0.25, -0.2) is 0 Å². The van der Waals surface area contributed by atoms with Crippen LogP contribution in [0.5, 0.6) is 0 Å². The summed E-state index contributed by atoms with van der Waals surface area (Å²) in [5.41, 5.74) is -0.481. The molecule has 1 N–H and O–H groups in total. The lowest BCUT2D eigenvalue weighted by atomic mass is 9.85. The standard InChI is InChI=1S/C14H26N2O3/c1-14(2,11-13(18)19)10-12(17)15(3)8-9-16-6-4-5-7-16/h4-11H2,1-3H3,(H,18,19). The van der Waals surface area contributed by atoms with Gasteiger partial charge in [0.2, 0.25) is 5.91 Å². The lowest BCUT2D eigenvalue weighted by molar-refractivity contribution is -0.140. The van der Waals surface area contributed by atoms with Crippen LogP contribution in [0.25, 0.3) is 0 Å². The first-order valence-corrected chi connectivity index (χ1v) is 6.98. The molecule has 5 nitrogen and oxygen atoms in total. The minimum Gasteiger partial charge on any atom is -0.481 e. The second kappa shape index (κ2) is 6.89. The van der Waals surface area contributed by atoms with E-state index < -0.39 is 11.4 Å². The number of rotatable bonds is 7.